The van der Waals surface area contributed by atoms with Crippen LogP contribution in [0.3, 0.4) is 0 Å². The molecule has 0 bridgehead atoms. The highest BCUT2D eigenvalue weighted by Gasteiger charge is 2.24. The number of hydrogen-bond donors (Lipinski definition) is 1. The molecule has 1 N–H and O–H groups in total. The van der Waals surface area contributed by atoms with Gasteiger partial charge < -0.3 is 15.1 Å². The van der Waals surface area contributed by atoms with Gasteiger partial charge in [0.05, 0.1) is 6.07 Å². The minimum atomic E-state index is -0.333. The summed E-state index contributed by atoms with van der Waals surface area (Å²) in [7, 11) is 1.90. The second-order valence-corrected chi connectivity index (χ2v) is 5.72. The molecule has 4 heteroatoms. The average molecular weight is 297 g/mol. The first-order chi connectivity index (χ1) is 10.1. The van der Waals surface area contributed by atoms with E-state index in [1.807, 2.05) is 7.05 Å². The molecule has 0 aromatic heterocycles. The third kappa shape index (κ3) is 7.80. The van der Waals surface area contributed by atoms with Crippen LogP contribution in [0.15, 0.2) is 0 Å². The molecular formula is C17H36N4. The van der Waals surface area contributed by atoms with Gasteiger partial charge in [0.1, 0.15) is 5.54 Å². The van der Waals surface area contributed by atoms with Crippen LogP contribution in [-0.2, 0) is 0 Å². The molecule has 0 aromatic rings. The average Bonchev–Trinajstić information content (AvgIpc) is 2.54. The summed E-state index contributed by atoms with van der Waals surface area (Å²) in [6.07, 6.45) is 4.12. The van der Waals surface area contributed by atoms with E-state index >= 15 is 0 Å². The standard InChI is InChI=1S/C17H36N4/c1-6-17(16-18,19-5)12-10-13-21(9-4)15-11-14-20(7-2)8-3/h19H,6-15H2,1-5H3. The summed E-state index contributed by atoms with van der Waals surface area (Å²) < 4.78 is 0. The smallest absolute Gasteiger partial charge is 0.106 e. The molecule has 124 valence electrons. The quantitative estimate of drug-likeness (QED) is 0.567. The minimum Gasteiger partial charge on any atom is -0.304 e. The molecular weight excluding hydrogens is 260 g/mol. The molecule has 0 aromatic carbocycles. The third-order valence-corrected chi connectivity index (χ3v) is 4.66. The third-order valence-electron chi connectivity index (χ3n) is 4.66. The van der Waals surface area contributed by atoms with E-state index in [2.05, 4.69) is 48.9 Å². The topological polar surface area (TPSA) is 42.3 Å². The van der Waals surface area contributed by atoms with Gasteiger partial charge in [-0.15, -0.1) is 0 Å². The SMILES string of the molecule is CCN(CC)CCCN(CC)CCCC(C#N)(CC)NC. The molecule has 0 rings (SSSR count). The van der Waals surface area contributed by atoms with Gasteiger partial charge in [0.15, 0.2) is 0 Å². The van der Waals surface area contributed by atoms with Gasteiger partial charge in [-0.2, -0.15) is 5.26 Å². The zero-order chi connectivity index (χ0) is 16.1. The minimum absolute atomic E-state index is 0.333. The van der Waals surface area contributed by atoms with Gasteiger partial charge >= 0.3 is 0 Å². The van der Waals surface area contributed by atoms with E-state index in [4.69, 9.17) is 0 Å². The first kappa shape index (κ1) is 20.4. The maximum Gasteiger partial charge on any atom is 0.106 e. The highest BCUT2D eigenvalue weighted by Crippen LogP contribution is 2.16. The molecule has 0 saturated heterocycles. The number of rotatable bonds is 13. The van der Waals surface area contributed by atoms with Gasteiger partial charge in [0.25, 0.3) is 0 Å². The molecule has 4 nitrogen and oxygen atoms in total. The summed E-state index contributed by atoms with van der Waals surface area (Å²) in [4.78, 5) is 4.99. The number of nitriles is 1. The van der Waals surface area contributed by atoms with Crippen molar-refractivity contribution in [2.45, 2.75) is 58.9 Å². The normalized spacial score (nSPS) is 14.4. The van der Waals surface area contributed by atoms with Crippen LogP contribution >= 0.6 is 0 Å². The molecule has 0 amide bonds. The van der Waals surface area contributed by atoms with Crippen molar-refractivity contribution >= 4 is 0 Å². The van der Waals surface area contributed by atoms with E-state index in [0.29, 0.717) is 0 Å². The van der Waals surface area contributed by atoms with Crippen LogP contribution < -0.4 is 5.32 Å². The van der Waals surface area contributed by atoms with Gasteiger partial charge in [-0.1, -0.05) is 27.7 Å². The van der Waals surface area contributed by atoms with Crippen LogP contribution in [0, 0.1) is 11.3 Å². The predicted octanol–water partition coefficient (Wildman–Crippen LogP) is 2.71. The van der Waals surface area contributed by atoms with E-state index in [9.17, 15) is 5.26 Å². The molecule has 0 heterocycles. The fraction of sp³-hybridized carbons (Fsp3) is 0.941. The lowest BCUT2D eigenvalue weighted by molar-refractivity contribution is 0.234. The molecule has 0 spiro atoms. The van der Waals surface area contributed by atoms with E-state index < -0.39 is 0 Å². The van der Waals surface area contributed by atoms with Crippen molar-refractivity contribution < 1.29 is 0 Å². The first-order valence-corrected chi connectivity index (χ1v) is 8.66. The van der Waals surface area contributed by atoms with E-state index in [1.165, 1.54) is 13.0 Å². The number of hydrogen-bond acceptors (Lipinski definition) is 4. The van der Waals surface area contributed by atoms with Crippen molar-refractivity contribution in [3.8, 4) is 6.07 Å². The molecule has 21 heavy (non-hydrogen) atoms. The molecule has 0 aliphatic heterocycles. The fourth-order valence-electron chi connectivity index (χ4n) is 2.76. The van der Waals surface area contributed by atoms with Crippen molar-refractivity contribution in [2.24, 2.45) is 0 Å². The summed E-state index contributed by atoms with van der Waals surface area (Å²) >= 11 is 0. The summed E-state index contributed by atoms with van der Waals surface area (Å²) in [6, 6.07) is 2.44. The Morgan fingerprint density at radius 1 is 0.905 bits per heavy atom. The van der Waals surface area contributed by atoms with Gasteiger partial charge in [-0.25, -0.2) is 0 Å². The second-order valence-electron chi connectivity index (χ2n) is 5.72. The summed E-state index contributed by atoms with van der Waals surface area (Å²) in [5, 5.41) is 12.5. The van der Waals surface area contributed by atoms with Gasteiger partial charge in [-0.3, -0.25) is 0 Å². The summed E-state index contributed by atoms with van der Waals surface area (Å²) in [6.45, 7) is 15.6. The van der Waals surface area contributed by atoms with Crippen LogP contribution in [0.5, 0.6) is 0 Å². The van der Waals surface area contributed by atoms with Crippen molar-refractivity contribution in [1.82, 2.24) is 15.1 Å². The van der Waals surface area contributed by atoms with Crippen molar-refractivity contribution in [3.05, 3.63) is 0 Å². The van der Waals surface area contributed by atoms with E-state index in [-0.39, 0.29) is 5.54 Å². The first-order valence-electron chi connectivity index (χ1n) is 8.66. The predicted molar refractivity (Wildman–Crippen MR) is 91.4 cm³/mol. The summed E-state index contributed by atoms with van der Waals surface area (Å²) in [5.41, 5.74) is -0.333. The molecule has 0 fully saturated rings. The Balaban J connectivity index is 4.02. The lowest BCUT2D eigenvalue weighted by Gasteiger charge is -2.27. The molecule has 0 radical (unpaired) electrons. The Morgan fingerprint density at radius 3 is 1.86 bits per heavy atom. The van der Waals surface area contributed by atoms with Gasteiger partial charge in [-0.05, 0) is 72.0 Å². The zero-order valence-electron chi connectivity index (χ0n) is 14.9. The molecule has 0 aliphatic rings. The van der Waals surface area contributed by atoms with Gasteiger partial charge in [0, 0.05) is 0 Å². The molecule has 1 atom stereocenters. The summed E-state index contributed by atoms with van der Waals surface area (Å²) in [5.74, 6) is 0. The zero-order valence-corrected chi connectivity index (χ0v) is 14.9. The molecule has 0 aliphatic carbocycles. The van der Waals surface area contributed by atoms with Crippen LogP contribution in [0.25, 0.3) is 0 Å². The Morgan fingerprint density at radius 2 is 1.43 bits per heavy atom. The van der Waals surface area contributed by atoms with Crippen molar-refractivity contribution in [3.63, 3.8) is 0 Å². The number of nitrogens with one attached hydrogen (secondary N) is 1. The van der Waals surface area contributed by atoms with Crippen molar-refractivity contribution in [1.29, 1.82) is 5.26 Å². The van der Waals surface area contributed by atoms with Crippen LogP contribution in [0.4, 0.5) is 0 Å². The number of nitrogens with zero attached hydrogens (tertiary/aromatic N) is 3. The van der Waals surface area contributed by atoms with E-state index in [0.717, 1.165) is 52.0 Å². The maximum atomic E-state index is 9.32. The molecule has 0 saturated carbocycles. The largest absolute Gasteiger partial charge is 0.304 e. The fourth-order valence-corrected chi connectivity index (χ4v) is 2.76. The monoisotopic (exact) mass is 296 g/mol. The maximum absolute atomic E-state index is 9.32. The Kier molecular flexibility index (Phi) is 11.6. The Hall–Kier alpha value is -0.630. The van der Waals surface area contributed by atoms with Crippen LogP contribution in [-0.4, -0.2) is 61.7 Å². The van der Waals surface area contributed by atoms with Gasteiger partial charge in [0.2, 0.25) is 0 Å². The van der Waals surface area contributed by atoms with Crippen LogP contribution in [0.1, 0.15) is 53.4 Å². The lowest BCUT2D eigenvalue weighted by Crippen LogP contribution is -2.41. The van der Waals surface area contributed by atoms with Crippen LogP contribution in [0.2, 0.25) is 0 Å². The lowest BCUT2D eigenvalue weighted by atomic mass is 9.92. The highest BCUT2D eigenvalue weighted by atomic mass is 15.1. The highest BCUT2D eigenvalue weighted by molar-refractivity contribution is 5.05. The Bertz CT molecular complexity index is 277. The molecule has 1 unspecified atom stereocenters. The second kappa shape index (κ2) is 12.0. The van der Waals surface area contributed by atoms with E-state index in [1.54, 1.807) is 0 Å². The van der Waals surface area contributed by atoms with Crippen molar-refractivity contribution in [2.75, 3.05) is 46.3 Å². The Labute approximate surface area is 132 Å².